The van der Waals surface area contributed by atoms with Crippen LogP contribution in [-0.4, -0.2) is 25.9 Å². The number of aldehydes is 1. The molecule has 0 aliphatic carbocycles. The molecular formula is C11H13NO4. The van der Waals surface area contributed by atoms with Crippen molar-refractivity contribution in [2.75, 3.05) is 19.0 Å². The van der Waals surface area contributed by atoms with Gasteiger partial charge in [-0.15, -0.1) is 0 Å². The summed E-state index contributed by atoms with van der Waals surface area (Å²) in [4.78, 5) is 21.0. The molecule has 0 atom stereocenters. The molecule has 5 nitrogen and oxygen atoms in total. The zero-order valence-electron chi connectivity index (χ0n) is 9.15. The average Bonchev–Trinajstić information content (AvgIpc) is 2.27. The molecule has 1 aromatic carbocycles. The molecule has 0 saturated heterocycles. The summed E-state index contributed by atoms with van der Waals surface area (Å²) < 4.78 is 10.2. The van der Waals surface area contributed by atoms with Crippen LogP contribution >= 0.6 is 0 Å². The van der Waals surface area contributed by atoms with Gasteiger partial charge in [-0.2, -0.15) is 0 Å². The number of ether oxygens (including phenoxy) is 2. The van der Waals surface area contributed by atoms with Crippen molar-refractivity contribution in [3.63, 3.8) is 0 Å². The summed E-state index contributed by atoms with van der Waals surface area (Å²) in [5.74, 6) is 0.816. The fourth-order valence-electron chi connectivity index (χ4n) is 1.18. The minimum Gasteiger partial charge on any atom is -0.494 e. The molecule has 86 valence electrons. The largest absolute Gasteiger partial charge is 0.494 e. The smallest absolute Gasteiger partial charge is 0.221 e. The van der Waals surface area contributed by atoms with E-state index in [-0.39, 0.29) is 12.5 Å². The average molecular weight is 223 g/mol. The molecule has 0 radical (unpaired) electrons. The first-order chi connectivity index (χ1) is 7.67. The number of anilines is 1. The highest BCUT2D eigenvalue weighted by Gasteiger charge is 2.06. The van der Waals surface area contributed by atoms with Crippen molar-refractivity contribution in [1.29, 1.82) is 0 Å². The summed E-state index contributed by atoms with van der Waals surface area (Å²) >= 11 is 0. The second-order valence-electron chi connectivity index (χ2n) is 3.02. The van der Waals surface area contributed by atoms with Crippen molar-refractivity contribution in [1.82, 2.24) is 0 Å². The third-order valence-electron chi connectivity index (χ3n) is 1.80. The Labute approximate surface area is 93.4 Å². The summed E-state index contributed by atoms with van der Waals surface area (Å²) in [6.07, 6.45) is 0.661. The molecule has 1 amide bonds. The Morgan fingerprint density at radius 1 is 1.50 bits per heavy atom. The lowest BCUT2D eigenvalue weighted by Crippen LogP contribution is -2.07. The molecule has 0 heterocycles. The van der Waals surface area contributed by atoms with E-state index < -0.39 is 0 Å². The molecule has 0 unspecified atom stereocenters. The van der Waals surface area contributed by atoms with E-state index in [0.717, 1.165) is 0 Å². The number of rotatable bonds is 5. The van der Waals surface area contributed by atoms with E-state index in [9.17, 15) is 9.59 Å². The Balaban J connectivity index is 2.87. The predicted octanol–water partition coefficient (Wildman–Crippen LogP) is 1.23. The monoisotopic (exact) mass is 223 g/mol. The Morgan fingerprint density at radius 2 is 2.25 bits per heavy atom. The minimum absolute atomic E-state index is 0.0113. The first-order valence-electron chi connectivity index (χ1n) is 4.69. The maximum Gasteiger partial charge on any atom is 0.221 e. The van der Waals surface area contributed by atoms with Crippen molar-refractivity contribution in [2.24, 2.45) is 0 Å². The molecule has 1 aromatic rings. The van der Waals surface area contributed by atoms with Gasteiger partial charge in [-0.05, 0) is 12.1 Å². The Hall–Kier alpha value is -2.04. The summed E-state index contributed by atoms with van der Waals surface area (Å²) in [6, 6.07) is 4.91. The van der Waals surface area contributed by atoms with Crippen molar-refractivity contribution in [2.45, 2.75) is 6.92 Å². The summed E-state index contributed by atoms with van der Waals surface area (Å²) in [5.41, 5.74) is 0.563. The normalized spacial score (nSPS) is 9.38. The fourth-order valence-corrected chi connectivity index (χ4v) is 1.18. The van der Waals surface area contributed by atoms with Gasteiger partial charge < -0.3 is 14.8 Å². The maximum absolute atomic E-state index is 10.9. The van der Waals surface area contributed by atoms with Crippen molar-refractivity contribution in [3.05, 3.63) is 18.2 Å². The van der Waals surface area contributed by atoms with Gasteiger partial charge >= 0.3 is 0 Å². The van der Waals surface area contributed by atoms with Gasteiger partial charge in [-0.3, -0.25) is 9.59 Å². The van der Waals surface area contributed by atoms with E-state index in [4.69, 9.17) is 9.47 Å². The first kappa shape index (κ1) is 12.0. The standard InChI is InChI=1S/C11H13NO4/c1-8(14)12-10-4-3-9(16-6-5-13)7-11(10)15-2/h3-5,7H,6H2,1-2H3,(H,12,14). The van der Waals surface area contributed by atoms with Crippen molar-refractivity contribution < 1.29 is 19.1 Å². The number of carbonyl (C=O) groups is 2. The number of benzene rings is 1. The van der Waals surface area contributed by atoms with E-state index in [1.807, 2.05) is 0 Å². The van der Waals surface area contributed by atoms with Crippen molar-refractivity contribution >= 4 is 17.9 Å². The molecule has 0 saturated carbocycles. The van der Waals surface area contributed by atoms with Crippen LogP contribution in [0.1, 0.15) is 6.92 Å². The third-order valence-corrected chi connectivity index (χ3v) is 1.80. The van der Waals surface area contributed by atoms with Gasteiger partial charge in [0.15, 0.2) is 6.29 Å². The number of hydrogen-bond donors (Lipinski definition) is 1. The quantitative estimate of drug-likeness (QED) is 0.762. The second-order valence-corrected chi connectivity index (χ2v) is 3.02. The molecule has 5 heteroatoms. The van der Waals surface area contributed by atoms with Gasteiger partial charge in [-0.1, -0.05) is 0 Å². The number of hydrogen-bond acceptors (Lipinski definition) is 4. The summed E-state index contributed by atoms with van der Waals surface area (Å²) in [6.45, 7) is 1.40. The topological polar surface area (TPSA) is 64.6 Å². The highest BCUT2D eigenvalue weighted by atomic mass is 16.5. The van der Waals surface area contributed by atoms with Gasteiger partial charge in [0, 0.05) is 13.0 Å². The van der Waals surface area contributed by atoms with Gasteiger partial charge in [0.2, 0.25) is 5.91 Å². The predicted molar refractivity (Wildman–Crippen MR) is 58.9 cm³/mol. The van der Waals surface area contributed by atoms with E-state index in [1.54, 1.807) is 18.2 Å². The molecule has 0 fully saturated rings. The van der Waals surface area contributed by atoms with E-state index >= 15 is 0 Å². The lowest BCUT2D eigenvalue weighted by atomic mass is 10.2. The highest BCUT2D eigenvalue weighted by Crippen LogP contribution is 2.28. The van der Waals surface area contributed by atoms with Crippen molar-refractivity contribution in [3.8, 4) is 11.5 Å². The number of nitrogens with one attached hydrogen (secondary N) is 1. The SMILES string of the molecule is COc1cc(OCC=O)ccc1NC(C)=O. The molecule has 16 heavy (non-hydrogen) atoms. The Morgan fingerprint density at radius 3 is 2.81 bits per heavy atom. The van der Waals surface area contributed by atoms with E-state index in [1.165, 1.54) is 14.0 Å². The zero-order valence-corrected chi connectivity index (χ0v) is 9.15. The van der Waals surface area contributed by atoms with Gasteiger partial charge in [0.25, 0.3) is 0 Å². The molecule has 1 rings (SSSR count). The lowest BCUT2D eigenvalue weighted by Gasteiger charge is -2.10. The van der Waals surface area contributed by atoms with Crippen LogP contribution in [0.25, 0.3) is 0 Å². The minimum atomic E-state index is -0.181. The molecular weight excluding hydrogens is 210 g/mol. The maximum atomic E-state index is 10.9. The highest BCUT2D eigenvalue weighted by molar-refractivity contribution is 5.90. The van der Waals surface area contributed by atoms with Crippen LogP contribution in [0.5, 0.6) is 11.5 Å². The zero-order chi connectivity index (χ0) is 12.0. The molecule has 0 aromatic heterocycles. The second kappa shape index (κ2) is 5.75. The van der Waals surface area contributed by atoms with Gasteiger partial charge in [0.1, 0.15) is 18.1 Å². The molecule has 0 bridgehead atoms. The van der Waals surface area contributed by atoms with Gasteiger partial charge in [0.05, 0.1) is 12.8 Å². The summed E-state index contributed by atoms with van der Waals surface area (Å²) in [7, 11) is 1.49. The van der Waals surface area contributed by atoms with Crippen LogP contribution in [-0.2, 0) is 9.59 Å². The fraction of sp³-hybridized carbons (Fsp3) is 0.273. The van der Waals surface area contributed by atoms with E-state index in [0.29, 0.717) is 23.5 Å². The lowest BCUT2D eigenvalue weighted by molar-refractivity contribution is -0.114. The van der Waals surface area contributed by atoms with Crippen LogP contribution < -0.4 is 14.8 Å². The number of amides is 1. The summed E-state index contributed by atoms with van der Waals surface area (Å²) in [5, 5.41) is 2.62. The van der Waals surface area contributed by atoms with Crippen LogP contribution in [0.2, 0.25) is 0 Å². The molecule has 0 aliphatic rings. The third kappa shape index (κ3) is 3.27. The van der Waals surface area contributed by atoms with Crippen LogP contribution in [0.3, 0.4) is 0 Å². The Bertz CT molecular complexity index is 390. The number of methoxy groups -OCH3 is 1. The molecule has 1 N–H and O–H groups in total. The first-order valence-corrected chi connectivity index (χ1v) is 4.69. The number of carbonyl (C=O) groups excluding carboxylic acids is 2. The Kier molecular flexibility index (Phi) is 4.32. The van der Waals surface area contributed by atoms with Gasteiger partial charge in [-0.25, -0.2) is 0 Å². The van der Waals surface area contributed by atoms with Crippen LogP contribution in [0.15, 0.2) is 18.2 Å². The molecule has 0 aliphatic heterocycles. The van der Waals surface area contributed by atoms with Crippen LogP contribution in [0.4, 0.5) is 5.69 Å². The molecule has 0 spiro atoms. The van der Waals surface area contributed by atoms with Crippen LogP contribution in [0, 0.1) is 0 Å². The van der Waals surface area contributed by atoms with E-state index in [2.05, 4.69) is 5.32 Å².